The largest absolute Gasteiger partial charge is 0.477 e. The van der Waals surface area contributed by atoms with E-state index >= 15 is 8.78 Å². The molecule has 17 nitrogen and oxygen atoms in total. The molecule has 0 amide bonds. The molecule has 8 N–H and O–H groups in total. The van der Waals surface area contributed by atoms with E-state index in [0.29, 0.717) is 80.5 Å². The monoisotopic (exact) mass is 895 g/mol. The number of carbonyl (C=O) groups is 1. The molecular weight excluding hydrogens is 837 g/mol. The number of unbranched alkanes of at least 4 members (excludes halogenated alkanes) is 4. The van der Waals surface area contributed by atoms with Crippen molar-refractivity contribution >= 4 is 63.0 Å². The number of aromatic nitrogens is 4. The number of nitrogens with one attached hydrogen (secondary N) is 3. The van der Waals surface area contributed by atoms with Gasteiger partial charge in [0, 0.05) is 81.1 Å². The lowest BCUT2D eigenvalue weighted by Crippen LogP contribution is -2.42. The number of aromatic carboxylic acids is 1. The fourth-order valence-electron chi connectivity index (χ4n) is 9.33. The Kier molecular flexibility index (Phi) is 13.3. The minimum absolute atomic E-state index is 0.0109. The zero-order valence-corrected chi connectivity index (χ0v) is 37.0. The third-order valence-corrected chi connectivity index (χ3v) is 13.2. The SMILES string of the molecule is CC1CN(c2nc3c(cc2F)c(=O)ccn3C2CC2)CC1CC(=N)CC(=N)CCCCCCCN=C(N)NC(N)=NC1CN(c2nc3c(cc2F)c(=O)c(C(=O)O)cn3C2CC2)CC1C. The van der Waals surface area contributed by atoms with Crippen molar-refractivity contribution in [1.29, 1.82) is 10.8 Å². The summed E-state index contributed by atoms with van der Waals surface area (Å²) in [5, 5.41) is 29.8. The van der Waals surface area contributed by atoms with Crippen molar-refractivity contribution in [3.05, 3.63) is 68.2 Å². The molecule has 4 aliphatic rings. The number of aliphatic imine (C=N–C) groups is 2. The van der Waals surface area contributed by atoms with E-state index in [2.05, 4.69) is 32.2 Å². The maximum Gasteiger partial charge on any atom is 0.341 e. The van der Waals surface area contributed by atoms with Crippen LogP contribution in [0, 0.1) is 40.2 Å². The Morgan fingerprint density at radius 2 is 1.45 bits per heavy atom. The maximum absolute atomic E-state index is 15.5. The number of nitrogens with zero attached hydrogens (tertiary/aromatic N) is 8. The highest BCUT2D eigenvalue weighted by Crippen LogP contribution is 2.39. The van der Waals surface area contributed by atoms with Gasteiger partial charge in [-0.15, -0.1) is 0 Å². The van der Waals surface area contributed by atoms with Crippen LogP contribution in [0.1, 0.15) is 113 Å². The molecule has 2 aliphatic carbocycles. The van der Waals surface area contributed by atoms with Crippen molar-refractivity contribution in [3.63, 3.8) is 0 Å². The molecule has 0 spiro atoms. The number of carboxylic acid groups (broad SMARTS) is 1. The second-order valence-electron chi connectivity index (χ2n) is 18.6. The lowest BCUT2D eigenvalue weighted by molar-refractivity contribution is 0.0694. The van der Waals surface area contributed by atoms with Gasteiger partial charge in [0.1, 0.15) is 16.9 Å². The number of pyridine rings is 4. The molecule has 2 saturated heterocycles. The molecule has 2 saturated carbocycles. The summed E-state index contributed by atoms with van der Waals surface area (Å²) in [5.74, 6) is -1.65. The molecule has 4 unspecified atom stereocenters. The summed E-state index contributed by atoms with van der Waals surface area (Å²) >= 11 is 0. The van der Waals surface area contributed by atoms with Crippen LogP contribution in [0.25, 0.3) is 22.1 Å². The summed E-state index contributed by atoms with van der Waals surface area (Å²) in [6, 6.07) is 3.90. The number of anilines is 2. The van der Waals surface area contributed by atoms with Gasteiger partial charge in [-0.1, -0.05) is 33.1 Å². The Labute approximate surface area is 375 Å². The number of guanidine groups is 2. The molecule has 4 fully saturated rings. The average Bonchev–Trinajstić information content (AvgIpc) is 4.20. The predicted octanol–water partition coefficient (Wildman–Crippen LogP) is 5.73. The third kappa shape index (κ3) is 10.3. The minimum Gasteiger partial charge on any atom is -0.477 e. The van der Waals surface area contributed by atoms with Crippen molar-refractivity contribution in [2.24, 2.45) is 39.2 Å². The standard InChI is InChI=1S/C46H59F2N13O4/c1-25-20-58(42-35(47)18-32-38(62)13-15-60(30-9-10-30)40(32)55-42)22-27(25)16-29(50)17-28(49)8-6-4-3-5-7-14-53-45(51)57-46(52)54-37-24-59(21-26(37)2)43-36(48)19-33-39(63)34(44(64)65)23-61(31-11-12-31)41(33)56-43/h13,15,18-19,23,25-27,30-31,37,49-50H,3-12,14,16-17,20-22,24H2,1-2H3,(H,64,65)(H5,51,52,53,54,57). The first-order valence-corrected chi connectivity index (χ1v) is 22.9. The Morgan fingerprint density at radius 3 is 2.14 bits per heavy atom. The Hall–Kier alpha value is -6.27. The minimum atomic E-state index is -1.36. The fraction of sp³-hybridized carbons (Fsp3) is 0.543. The van der Waals surface area contributed by atoms with Crippen molar-refractivity contribution in [2.75, 3.05) is 42.5 Å². The molecule has 346 valence electrons. The van der Waals surface area contributed by atoms with Crippen LogP contribution in [0.2, 0.25) is 0 Å². The van der Waals surface area contributed by atoms with E-state index in [1.165, 1.54) is 18.3 Å². The normalized spacial score (nSPS) is 21.5. The molecule has 0 bridgehead atoms. The summed E-state index contributed by atoms with van der Waals surface area (Å²) in [4.78, 5) is 59.0. The highest BCUT2D eigenvalue weighted by molar-refractivity contribution is 6.02. The molecule has 4 aromatic rings. The van der Waals surface area contributed by atoms with Gasteiger partial charge >= 0.3 is 5.97 Å². The van der Waals surface area contributed by atoms with Crippen molar-refractivity contribution in [3.8, 4) is 0 Å². The Balaban J connectivity index is 0.727. The van der Waals surface area contributed by atoms with Crippen LogP contribution in [-0.2, 0) is 0 Å². The van der Waals surface area contributed by atoms with Crippen LogP contribution in [0.5, 0.6) is 0 Å². The second-order valence-corrected chi connectivity index (χ2v) is 18.6. The van der Waals surface area contributed by atoms with Gasteiger partial charge in [0.2, 0.25) is 5.43 Å². The van der Waals surface area contributed by atoms with Gasteiger partial charge in [-0.2, -0.15) is 0 Å². The lowest BCUT2D eigenvalue weighted by Gasteiger charge is -2.20. The molecule has 6 heterocycles. The first-order chi connectivity index (χ1) is 31.1. The molecule has 4 atom stereocenters. The smallest absolute Gasteiger partial charge is 0.341 e. The highest BCUT2D eigenvalue weighted by atomic mass is 19.1. The molecule has 8 rings (SSSR count). The Bertz CT molecular complexity index is 2690. The van der Waals surface area contributed by atoms with E-state index in [4.69, 9.17) is 22.3 Å². The summed E-state index contributed by atoms with van der Waals surface area (Å²) in [5.41, 5.74) is 12.8. The van der Waals surface area contributed by atoms with E-state index in [-0.39, 0.29) is 69.9 Å². The van der Waals surface area contributed by atoms with Gasteiger partial charge in [0.05, 0.1) is 16.8 Å². The fourth-order valence-corrected chi connectivity index (χ4v) is 9.33. The van der Waals surface area contributed by atoms with Crippen LogP contribution >= 0.6 is 0 Å². The average molecular weight is 896 g/mol. The molecule has 0 radical (unpaired) electrons. The van der Waals surface area contributed by atoms with Crippen LogP contribution in [-0.4, -0.2) is 92.3 Å². The van der Waals surface area contributed by atoms with Crippen molar-refractivity contribution < 1.29 is 18.7 Å². The predicted molar refractivity (Wildman–Crippen MR) is 249 cm³/mol. The highest BCUT2D eigenvalue weighted by Gasteiger charge is 2.35. The van der Waals surface area contributed by atoms with Crippen molar-refractivity contribution in [2.45, 2.75) is 109 Å². The van der Waals surface area contributed by atoms with Gasteiger partial charge in [0.15, 0.2) is 40.6 Å². The number of carboxylic acids is 1. The van der Waals surface area contributed by atoms with Crippen LogP contribution in [0.15, 0.2) is 50.2 Å². The summed E-state index contributed by atoms with van der Waals surface area (Å²) in [7, 11) is 0. The van der Waals surface area contributed by atoms with Gasteiger partial charge in [-0.05, 0) is 81.3 Å². The number of rotatable bonds is 18. The van der Waals surface area contributed by atoms with E-state index in [1.54, 1.807) is 15.7 Å². The zero-order valence-electron chi connectivity index (χ0n) is 37.0. The molecule has 2 aliphatic heterocycles. The molecular formula is C46H59F2N13O4. The van der Waals surface area contributed by atoms with E-state index in [1.807, 2.05) is 16.4 Å². The number of halogens is 2. The van der Waals surface area contributed by atoms with Crippen LogP contribution < -0.4 is 37.4 Å². The number of hydrogen-bond acceptors (Lipinski definition) is 11. The van der Waals surface area contributed by atoms with Crippen LogP contribution in [0.4, 0.5) is 20.4 Å². The van der Waals surface area contributed by atoms with Gasteiger partial charge in [-0.3, -0.25) is 19.9 Å². The topological polar surface area (TPSA) is 250 Å². The second kappa shape index (κ2) is 19.1. The molecule has 19 heteroatoms. The van der Waals surface area contributed by atoms with Gasteiger partial charge < -0.3 is 46.3 Å². The summed E-state index contributed by atoms with van der Waals surface area (Å²) < 4.78 is 34.5. The van der Waals surface area contributed by atoms with E-state index in [0.717, 1.165) is 63.9 Å². The quantitative estimate of drug-likeness (QED) is 0.0400. The lowest BCUT2D eigenvalue weighted by atomic mass is 9.90. The summed E-state index contributed by atoms with van der Waals surface area (Å²) in [6.45, 7) is 6.54. The molecule has 0 aromatic carbocycles. The van der Waals surface area contributed by atoms with Crippen molar-refractivity contribution in [1.82, 2.24) is 24.4 Å². The zero-order chi connectivity index (χ0) is 46.1. The number of hydrogen-bond donors (Lipinski definition) is 6. The number of fused-ring (bicyclic) bond motifs is 2. The maximum atomic E-state index is 15.5. The summed E-state index contributed by atoms with van der Waals surface area (Å²) in [6.07, 6.45) is 12.9. The third-order valence-electron chi connectivity index (χ3n) is 13.2. The van der Waals surface area contributed by atoms with Gasteiger partial charge in [-0.25, -0.2) is 28.5 Å². The van der Waals surface area contributed by atoms with Gasteiger partial charge in [0.25, 0.3) is 0 Å². The van der Waals surface area contributed by atoms with E-state index in [9.17, 15) is 19.5 Å². The number of nitrogens with two attached hydrogens (primary N) is 2. The molecule has 4 aromatic heterocycles. The van der Waals surface area contributed by atoms with E-state index < -0.39 is 28.6 Å². The first-order valence-electron chi connectivity index (χ1n) is 22.9. The van der Waals surface area contributed by atoms with Crippen LogP contribution in [0.3, 0.4) is 0 Å². The Morgan fingerprint density at radius 1 is 0.831 bits per heavy atom. The molecule has 65 heavy (non-hydrogen) atoms. The first kappa shape index (κ1) is 45.3.